The Morgan fingerprint density at radius 1 is 1.29 bits per heavy atom. The van der Waals surface area contributed by atoms with Crippen molar-refractivity contribution in [2.24, 2.45) is 0 Å². The predicted molar refractivity (Wildman–Crippen MR) is 72.3 cm³/mol. The van der Waals surface area contributed by atoms with E-state index in [0.29, 0.717) is 6.10 Å². The van der Waals surface area contributed by atoms with Crippen LogP contribution >= 0.6 is 15.9 Å². The van der Waals surface area contributed by atoms with Gasteiger partial charge in [0.1, 0.15) is 5.75 Å². The Bertz CT molecular complexity index is 370. The third-order valence-electron chi connectivity index (χ3n) is 3.27. The fourth-order valence-corrected chi connectivity index (χ4v) is 2.69. The molecule has 3 heteroatoms. The van der Waals surface area contributed by atoms with Crippen LogP contribution in [0.25, 0.3) is 0 Å². The molecule has 0 unspecified atom stereocenters. The fraction of sp³-hybridized carbons (Fsp3) is 0.571. The van der Waals surface area contributed by atoms with Gasteiger partial charge in [-0.1, -0.05) is 22.4 Å². The molecule has 1 saturated carbocycles. The van der Waals surface area contributed by atoms with Crippen molar-refractivity contribution in [3.05, 3.63) is 28.2 Å². The molecule has 17 heavy (non-hydrogen) atoms. The molecule has 0 bridgehead atoms. The highest BCUT2D eigenvalue weighted by Crippen LogP contribution is 2.31. The second-order valence-corrected chi connectivity index (χ2v) is 5.65. The smallest absolute Gasteiger partial charge is 0.125 e. The molecule has 1 N–H and O–H groups in total. The SMILES string of the molecule is C[C@@H](O)c1cc(Br)ccc1OC1CCCCC1. The number of hydrogen-bond acceptors (Lipinski definition) is 2. The highest BCUT2D eigenvalue weighted by Gasteiger charge is 2.17. The van der Waals surface area contributed by atoms with Crippen molar-refractivity contribution >= 4 is 15.9 Å². The van der Waals surface area contributed by atoms with Crippen LogP contribution in [-0.4, -0.2) is 11.2 Å². The quantitative estimate of drug-likeness (QED) is 0.905. The summed E-state index contributed by atoms with van der Waals surface area (Å²) >= 11 is 3.42. The van der Waals surface area contributed by atoms with E-state index in [0.717, 1.165) is 28.6 Å². The van der Waals surface area contributed by atoms with Crippen molar-refractivity contribution < 1.29 is 9.84 Å². The Morgan fingerprint density at radius 2 is 2.00 bits per heavy atom. The molecule has 1 aromatic carbocycles. The largest absolute Gasteiger partial charge is 0.490 e. The lowest BCUT2D eigenvalue weighted by molar-refractivity contribution is 0.142. The molecule has 0 radical (unpaired) electrons. The molecule has 1 fully saturated rings. The maximum absolute atomic E-state index is 9.76. The number of halogens is 1. The van der Waals surface area contributed by atoms with E-state index in [1.807, 2.05) is 18.2 Å². The standard InChI is InChI=1S/C14H19BrO2/c1-10(16)13-9-11(15)7-8-14(13)17-12-5-3-2-4-6-12/h7-10,12,16H,2-6H2,1H3/t10-/m1/s1. The zero-order valence-electron chi connectivity index (χ0n) is 10.2. The van der Waals surface area contributed by atoms with Gasteiger partial charge in [-0.2, -0.15) is 0 Å². The van der Waals surface area contributed by atoms with E-state index in [2.05, 4.69) is 15.9 Å². The first-order chi connectivity index (χ1) is 8.16. The van der Waals surface area contributed by atoms with Gasteiger partial charge in [-0.3, -0.25) is 0 Å². The van der Waals surface area contributed by atoms with Crippen LogP contribution in [0.1, 0.15) is 50.7 Å². The van der Waals surface area contributed by atoms with Crippen LogP contribution in [0.2, 0.25) is 0 Å². The monoisotopic (exact) mass is 298 g/mol. The summed E-state index contributed by atoms with van der Waals surface area (Å²) < 4.78 is 7.00. The minimum absolute atomic E-state index is 0.322. The van der Waals surface area contributed by atoms with E-state index in [9.17, 15) is 5.11 Å². The van der Waals surface area contributed by atoms with Crippen LogP contribution in [-0.2, 0) is 0 Å². The maximum atomic E-state index is 9.76. The first kappa shape index (κ1) is 12.9. The summed E-state index contributed by atoms with van der Waals surface area (Å²) in [5.74, 6) is 0.829. The number of benzene rings is 1. The molecule has 0 saturated heterocycles. The third kappa shape index (κ3) is 3.46. The summed E-state index contributed by atoms with van der Waals surface area (Å²) in [5.41, 5.74) is 0.866. The molecular formula is C14H19BrO2. The highest BCUT2D eigenvalue weighted by molar-refractivity contribution is 9.10. The Balaban J connectivity index is 2.13. The minimum atomic E-state index is -0.494. The fourth-order valence-electron chi connectivity index (χ4n) is 2.32. The molecule has 0 aromatic heterocycles. The van der Waals surface area contributed by atoms with E-state index < -0.39 is 6.10 Å². The molecule has 94 valence electrons. The average molecular weight is 299 g/mol. The Kier molecular flexibility index (Phi) is 4.46. The predicted octanol–water partition coefficient (Wildman–Crippen LogP) is 4.21. The Morgan fingerprint density at radius 3 is 2.65 bits per heavy atom. The second kappa shape index (κ2) is 5.87. The summed E-state index contributed by atoms with van der Waals surface area (Å²) in [6.07, 6.45) is 5.93. The van der Waals surface area contributed by atoms with Gasteiger partial charge in [-0.25, -0.2) is 0 Å². The maximum Gasteiger partial charge on any atom is 0.125 e. The lowest BCUT2D eigenvalue weighted by atomic mass is 9.97. The van der Waals surface area contributed by atoms with Gasteiger partial charge < -0.3 is 9.84 Å². The molecule has 2 nitrogen and oxygen atoms in total. The molecule has 0 amide bonds. The second-order valence-electron chi connectivity index (χ2n) is 4.74. The minimum Gasteiger partial charge on any atom is -0.490 e. The van der Waals surface area contributed by atoms with Gasteiger partial charge in [0.15, 0.2) is 0 Å². The number of hydrogen-bond donors (Lipinski definition) is 1. The molecular weight excluding hydrogens is 280 g/mol. The van der Waals surface area contributed by atoms with Crippen molar-refractivity contribution in [3.63, 3.8) is 0 Å². The molecule has 0 aliphatic heterocycles. The summed E-state index contributed by atoms with van der Waals surface area (Å²) in [7, 11) is 0. The molecule has 1 aliphatic rings. The first-order valence-electron chi connectivity index (χ1n) is 6.31. The van der Waals surface area contributed by atoms with Crippen LogP contribution in [0.5, 0.6) is 5.75 Å². The Hall–Kier alpha value is -0.540. The van der Waals surface area contributed by atoms with Gasteiger partial charge >= 0.3 is 0 Å². The van der Waals surface area contributed by atoms with Crippen molar-refractivity contribution in [3.8, 4) is 5.75 Å². The highest BCUT2D eigenvalue weighted by atomic mass is 79.9. The third-order valence-corrected chi connectivity index (χ3v) is 3.76. The van der Waals surface area contributed by atoms with Crippen molar-refractivity contribution in [2.75, 3.05) is 0 Å². The van der Waals surface area contributed by atoms with E-state index in [4.69, 9.17) is 4.74 Å². The van der Waals surface area contributed by atoms with Gasteiger partial charge in [0.05, 0.1) is 12.2 Å². The van der Waals surface area contributed by atoms with E-state index >= 15 is 0 Å². The zero-order chi connectivity index (χ0) is 12.3. The van der Waals surface area contributed by atoms with Crippen molar-refractivity contribution in [1.82, 2.24) is 0 Å². The van der Waals surface area contributed by atoms with E-state index in [1.165, 1.54) is 19.3 Å². The molecule has 0 spiro atoms. The van der Waals surface area contributed by atoms with E-state index in [1.54, 1.807) is 6.92 Å². The van der Waals surface area contributed by atoms with Crippen LogP contribution < -0.4 is 4.74 Å². The molecule has 0 heterocycles. The lowest BCUT2D eigenvalue weighted by Crippen LogP contribution is -2.20. The topological polar surface area (TPSA) is 29.5 Å². The summed E-state index contributed by atoms with van der Waals surface area (Å²) in [4.78, 5) is 0. The number of aliphatic hydroxyl groups excluding tert-OH is 1. The van der Waals surface area contributed by atoms with Gasteiger partial charge in [-0.15, -0.1) is 0 Å². The van der Waals surface area contributed by atoms with Gasteiger partial charge in [-0.05, 0) is 50.8 Å². The average Bonchev–Trinajstić information content (AvgIpc) is 2.32. The molecule has 1 aromatic rings. The first-order valence-corrected chi connectivity index (χ1v) is 7.10. The Labute approximate surface area is 111 Å². The summed E-state index contributed by atoms with van der Waals surface area (Å²) in [6.45, 7) is 1.77. The normalized spacial score (nSPS) is 19.0. The molecule has 2 rings (SSSR count). The zero-order valence-corrected chi connectivity index (χ0v) is 11.7. The van der Waals surface area contributed by atoms with E-state index in [-0.39, 0.29) is 0 Å². The lowest BCUT2D eigenvalue weighted by Gasteiger charge is -2.25. The number of aliphatic hydroxyl groups is 1. The van der Waals surface area contributed by atoms with Gasteiger partial charge in [0.2, 0.25) is 0 Å². The van der Waals surface area contributed by atoms with Gasteiger partial charge in [0, 0.05) is 10.0 Å². The summed E-state index contributed by atoms with van der Waals surface area (Å²) in [5, 5.41) is 9.76. The number of rotatable bonds is 3. The number of ether oxygens (including phenoxy) is 1. The molecule has 1 aliphatic carbocycles. The molecule has 1 atom stereocenters. The van der Waals surface area contributed by atoms with Crippen LogP contribution in [0.4, 0.5) is 0 Å². The van der Waals surface area contributed by atoms with Crippen molar-refractivity contribution in [2.45, 2.75) is 51.2 Å². The van der Waals surface area contributed by atoms with Crippen molar-refractivity contribution in [1.29, 1.82) is 0 Å². The van der Waals surface area contributed by atoms with Crippen LogP contribution in [0.15, 0.2) is 22.7 Å². The van der Waals surface area contributed by atoms with Crippen LogP contribution in [0, 0.1) is 0 Å². The van der Waals surface area contributed by atoms with Gasteiger partial charge in [0.25, 0.3) is 0 Å². The summed E-state index contributed by atoms with van der Waals surface area (Å²) in [6, 6.07) is 5.84. The van der Waals surface area contributed by atoms with Crippen LogP contribution in [0.3, 0.4) is 0 Å².